The number of fused-ring (bicyclic) bond motifs is 1. The zero-order valence-electron chi connectivity index (χ0n) is 20.7. The SMILES string of the molecule is COCCn1c(C(=O)OC)c(NC(=O)Cc2ccccc2)c2cc(NCc3ccccc3C)cnc21. The number of nitrogens with zero attached hydrogens (tertiary/aromatic N) is 2. The molecule has 2 heterocycles. The molecule has 2 aromatic heterocycles. The third-order valence-electron chi connectivity index (χ3n) is 6.01. The molecule has 1 amide bonds. The maximum Gasteiger partial charge on any atom is 0.356 e. The molecule has 0 fully saturated rings. The predicted molar refractivity (Wildman–Crippen MR) is 140 cm³/mol. The Kier molecular flexibility index (Phi) is 7.97. The topological polar surface area (TPSA) is 94.5 Å². The molecule has 4 aromatic rings. The van der Waals surface area contributed by atoms with E-state index in [1.54, 1.807) is 17.9 Å². The van der Waals surface area contributed by atoms with Crippen LogP contribution in [0.5, 0.6) is 0 Å². The van der Waals surface area contributed by atoms with Crippen LogP contribution in [0.4, 0.5) is 11.4 Å². The fourth-order valence-electron chi connectivity index (χ4n) is 4.13. The lowest BCUT2D eigenvalue weighted by atomic mass is 10.1. The Balaban J connectivity index is 1.73. The van der Waals surface area contributed by atoms with Crippen LogP contribution < -0.4 is 10.6 Å². The van der Waals surface area contributed by atoms with Gasteiger partial charge in [-0.3, -0.25) is 4.79 Å². The number of anilines is 2. The van der Waals surface area contributed by atoms with Crippen LogP contribution in [-0.4, -0.2) is 42.3 Å². The smallest absolute Gasteiger partial charge is 0.356 e. The quantitative estimate of drug-likeness (QED) is 0.319. The lowest BCUT2D eigenvalue weighted by molar-refractivity contribution is -0.115. The molecule has 0 saturated carbocycles. The molecular formula is C28H30N4O4. The highest BCUT2D eigenvalue weighted by atomic mass is 16.5. The number of aryl methyl sites for hydroxylation is 1. The third kappa shape index (κ3) is 5.55. The average molecular weight is 487 g/mol. The number of carbonyl (C=O) groups excluding carboxylic acids is 2. The first-order chi connectivity index (χ1) is 17.5. The number of carbonyl (C=O) groups is 2. The van der Waals surface area contributed by atoms with Gasteiger partial charge < -0.3 is 24.7 Å². The zero-order chi connectivity index (χ0) is 25.5. The minimum Gasteiger partial charge on any atom is -0.464 e. The number of amides is 1. The van der Waals surface area contributed by atoms with Crippen molar-refractivity contribution in [2.24, 2.45) is 0 Å². The van der Waals surface area contributed by atoms with Gasteiger partial charge >= 0.3 is 5.97 Å². The standard InChI is InChI=1S/C28H30N4O4/c1-19-9-7-8-12-21(19)17-29-22-16-23-25(31-24(33)15-20-10-5-4-6-11-20)26(28(34)36-3)32(13-14-35-2)27(23)30-18-22/h4-12,16,18,29H,13-15,17H2,1-3H3,(H,31,33). The second kappa shape index (κ2) is 11.5. The lowest BCUT2D eigenvalue weighted by Gasteiger charge is -2.10. The van der Waals surface area contributed by atoms with Crippen LogP contribution >= 0.6 is 0 Å². The first-order valence-corrected chi connectivity index (χ1v) is 11.7. The molecule has 2 aromatic carbocycles. The molecular weight excluding hydrogens is 456 g/mol. The maximum absolute atomic E-state index is 13.0. The summed E-state index contributed by atoms with van der Waals surface area (Å²) in [5.41, 5.74) is 5.16. The van der Waals surface area contributed by atoms with Crippen LogP contribution in [0.2, 0.25) is 0 Å². The number of ether oxygens (including phenoxy) is 2. The van der Waals surface area contributed by atoms with Gasteiger partial charge in [0.05, 0.1) is 37.7 Å². The molecule has 2 N–H and O–H groups in total. The molecule has 186 valence electrons. The molecule has 0 aliphatic carbocycles. The molecule has 8 heteroatoms. The van der Waals surface area contributed by atoms with Crippen molar-refractivity contribution in [3.05, 3.63) is 89.2 Å². The number of pyridine rings is 1. The molecule has 0 spiro atoms. The van der Waals surface area contributed by atoms with Crippen molar-refractivity contribution in [3.63, 3.8) is 0 Å². The van der Waals surface area contributed by atoms with E-state index in [0.717, 1.165) is 11.3 Å². The Morgan fingerprint density at radius 3 is 2.50 bits per heavy atom. The molecule has 0 atom stereocenters. The monoisotopic (exact) mass is 486 g/mol. The van der Waals surface area contributed by atoms with E-state index in [2.05, 4.69) is 34.7 Å². The largest absolute Gasteiger partial charge is 0.464 e. The second-order valence-electron chi connectivity index (χ2n) is 8.45. The van der Waals surface area contributed by atoms with Crippen LogP contribution in [0, 0.1) is 6.92 Å². The van der Waals surface area contributed by atoms with Crippen molar-refractivity contribution in [2.75, 3.05) is 31.5 Å². The van der Waals surface area contributed by atoms with E-state index in [9.17, 15) is 9.59 Å². The van der Waals surface area contributed by atoms with Crippen molar-refractivity contribution in [1.29, 1.82) is 0 Å². The number of hydrogen-bond donors (Lipinski definition) is 2. The first kappa shape index (κ1) is 24.9. The molecule has 0 unspecified atom stereocenters. The fourth-order valence-corrected chi connectivity index (χ4v) is 4.13. The van der Waals surface area contributed by atoms with E-state index < -0.39 is 5.97 Å². The second-order valence-corrected chi connectivity index (χ2v) is 8.45. The summed E-state index contributed by atoms with van der Waals surface area (Å²) >= 11 is 0. The third-order valence-corrected chi connectivity index (χ3v) is 6.01. The molecule has 0 saturated heterocycles. The highest BCUT2D eigenvalue weighted by Gasteiger charge is 2.26. The Bertz CT molecular complexity index is 1360. The Hall–Kier alpha value is -4.17. The first-order valence-electron chi connectivity index (χ1n) is 11.7. The van der Waals surface area contributed by atoms with E-state index in [-0.39, 0.29) is 18.0 Å². The highest BCUT2D eigenvalue weighted by molar-refractivity contribution is 6.11. The molecule has 0 aliphatic heterocycles. The summed E-state index contributed by atoms with van der Waals surface area (Å²) in [4.78, 5) is 30.5. The summed E-state index contributed by atoms with van der Waals surface area (Å²) in [5.74, 6) is -0.802. The van der Waals surface area contributed by atoms with Crippen molar-refractivity contribution < 1.29 is 19.1 Å². The molecule has 0 bridgehead atoms. The molecule has 0 aliphatic rings. The van der Waals surface area contributed by atoms with E-state index >= 15 is 0 Å². The maximum atomic E-state index is 13.0. The number of hydrogen-bond acceptors (Lipinski definition) is 6. The van der Waals surface area contributed by atoms with Gasteiger partial charge in [0.1, 0.15) is 5.65 Å². The van der Waals surface area contributed by atoms with Crippen molar-refractivity contribution in [2.45, 2.75) is 26.4 Å². The summed E-state index contributed by atoms with van der Waals surface area (Å²) in [6, 6.07) is 19.5. The molecule has 0 radical (unpaired) electrons. The van der Waals surface area contributed by atoms with Gasteiger partial charge in [-0.2, -0.15) is 0 Å². The van der Waals surface area contributed by atoms with Crippen LogP contribution in [-0.2, 0) is 33.8 Å². The van der Waals surface area contributed by atoms with E-state index in [4.69, 9.17) is 9.47 Å². The summed E-state index contributed by atoms with van der Waals surface area (Å²) < 4.78 is 12.1. The van der Waals surface area contributed by atoms with Gasteiger partial charge in [0.15, 0.2) is 5.69 Å². The van der Waals surface area contributed by atoms with Gasteiger partial charge in [-0.05, 0) is 29.7 Å². The van der Waals surface area contributed by atoms with Gasteiger partial charge in [0.25, 0.3) is 0 Å². The Morgan fingerprint density at radius 1 is 1.03 bits per heavy atom. The summed E-state index contributed by atoms with van der Waals surface area (Å²) in [6.45, 7) is 3.41. The lowest BCUT2D eigenvalue weighted by Crippen LogP contribution is -2.19. The van der Waals surface area contributed by atoms with Gasteiger partial charge in [0, 0.05) is 25.6 Å². The van der Waals surface area contributed by atoms with Gasteiger partial charge in [-0.1, -0.05) is 54.6 Å². The summed E-state index contributed by atoms with van der Waals surface area (Å²) in [7, 11) is 2.91. The van der Waals surface area contributed by atoms with E-state index in [0.29, 0.717) is 36.4 Å². The molecule has 36 heavy (non-hydrogen) atoms. The van der Waals surface area contributed by atoms with E-state index in [1.807, 2.05) is 48.5 Å². The highest BCUT2D eigenvalue weighted by Crippen LogP contribution is 2.33. The van der Waals surface area contributed by atoms with Crippen LogP contribution in [0.15, 0.2) is 66.9 Å². The number of esters is 1. The molecule has 4 rings (SSSR count). The number of nitrogens with one attached hydrogen (secondary N) is 2. The van der Waals surface area contributed by atoms with E-state index in [1.165, 1.54) is 18.2 Å². The number of benzene rings is 2. The predicted octanol–water partition coefficient (Wildman–Crippen LogP) is 4.57. The summed E-state index contributed by atoms with van der Waals surface area (Å²) in [6.07, 6.45) is 1.89. The number of rotatable bonds is 10. The minimum atomic E-state index is -0.562. The normalized spacial score (nSPS) is 10.9. The average Bonchev–Trinajstić information content (AvgIpc) is 3.19. The Morgan fingerprint density at radius 2 is 1.78 bits per heavy atom. The zero-order valence-corrected chi connectivity index (χ0v) is 20.7. The number of aromatic nitrogens is 2. The fraction of sp³-hybridized carbons (Fsp3) is 0.250. The van der Waals surface area contributed by atoms with Crippen LogP contribution in [0.1, 0.15) is 27.2 Å². The van der Waals surface area contributed by atoms with Crippen molar-refractivity contribution in [3.8, 4) is 0 Å². The molecule has 8 nitrogen and oxygen atoms in total. The van der Waals surface area contributed by atoms with Gasteiger partial charge in [-0.25, -0.2) is 9.78 Å². The minimum absolute atomic E-state index is 0.171. The van der Waals surface area contributed by atoms with Crippen molar-refractivity contribution in [1.82, 2.24) is 9.55 Å². The summed E-state index contributed by atoms with van der Waals surface area (Å²) in [5, 5.41) is 7.00. The Labute approximate surface area is 210 Å². The number of methoxy groups -OCH3 is 2. The van der Waals surface area contributed by atoms with Crippen LogP contribution in [0.3, 0.4) is 0 Å². The van der Waals surface area contributed by atoms with Gasteiger partial charge in [-0.15, -0.1) is 0 Å². The van der Waals surface area contributed by atoms with Crippen LogP contribution in [0.25, 0.3) is 11.0 Å². The van der Waals surface area contributed by atoms with Gasteiger partial charge in [0.2, 0.25) is 5.91 Å². The van der Waals surface area contributed by atoms with Crippen molar-refractivity contribution >= 4 is 34.3 Å².